The number of hydrogen-bond acceptors (Lipinski definition) is 4. The fourth-order valence-electron chi connectivity index (χ4n) is 3.32. The number of hydrogen-bond donors (Lipinski definition) is 1. The molecule has 0 bridgehead atoms. The van der Waals surface area contributed by atoms with Crippen molar-refractivity contribution in [3.8, 4) is 0 Å². The molecule has 0 saturated carbocycles. The van der Waals surface area contributed by atoms with Crippen LogP contribution in [0.25, 0.3) is 0 Å². The van der Waals surface area contributed by atoms with Gasteiger partial charge in [-0.05, 0) is 43.0 Å². The standard InChI is InChI=1S/C18H24N4O3S/c1-14-8-16(10-19-9-14)18(23)22-12-15(5-6-20-26(2,24)25)11-21-7-3-4-17(21)13-22/h3-4,7-10,15,20H,5-6,11-13H2,1-2H3/t15-/m1/s1. The van der Waals surface area contributed by atoms with E-state index in [1.54, 1.807) is 12.4 Å². The van der Waals surface area contributed by atoms with Gasteiger partial charge in [-0.2, -0.15) is 0 Å². The second-order valence-electron chi connectivity index (χ2n) is 6.91. The predicted octanol–water partition coefficient (Wildman–Crippen LogP) is 1.40. The lowest BCUT2D eigenvalue weighted by Gasteiger charge is -2.24. The van der Waals surface area contributed by atoms with E-state index in [1.807, 2.05) is 36.2 Å². The SMILES string of the molecule is Cc1cncc(C(=O)N2Cc3cccn3C[C@@H](CCNS(C)(=O)=O)C2)c1. The number of rotatable bonds is 5. The summed E-state index contributed by atoms with van der Waals surface area (Å²) in [5.74, 6) is 0.122. The van der Waals surface area contributed by atoms with E-state index in [4.69, 9.17) is 0 Å². The Balaban J connectivity index is 1.78. The van der Waals surface area contributed by atoms with Crippen LogP contribution in [0.1, 0.15) is 28.0 Å². The molecule has 3 rings (SSSR count). The molecule has 0 radical (unpaired) electrons. The van der Waals surface area contributed by atoms with Crippen molar-refractivity contribution in [2.75, 3.05) is 19.3 Å². The zero-order valence-corrected chi connectivity index (χ0v) is 15.9. The normalized spacial score (nSPS) is 17.6. The number of sulfonamides is 1. The molecule has 0 saturated heterocycles. The second kappa shape index (κ2) is 7.59. The molecule has 0 unspecified atom stereocenters. The Morgan fingerprint density at radius 3 is 2.88 bits per heavy atom. The molecule has 26 heavy (non-hydrogen) atoms. The Morgan fingerprint density at radius 1 is 1.35 bits per heavy atom. The summed E-state index contributed by atoms with van der Waals surface area (Å²) in [5.41, 5.74) is 2.61. The summed E-state index contributed by atoms with van der Waals surface area (Å²) in [6.45, 7) is 4.17. The lowest BCUT2D eigenvalue weighted by Crippen LogP contribution is -2.35. The van der Waals surface area contributed by atoms with E-state index in [2.05, 4.69) is 14.3 Å². The highest BCUT2D eigenvalue weighted by atomic mass is 32.2. The topological polar surface area (TPSA) is 84.3 Å². The van der Waals surface area contributed by atoms with E-state index in [9.17, 15) is 13.2 Å². The molecular formula is C18H24N4O3S. The summed E-state index contributed by atoms with van der Waals surface area (Å²) in [4.78, 5) is 18.9. The van der Waals surface area contributed by atoms with Gasteiger partial charge in [0.05, 0.1) is 18.4 Å². The highest BCUT2D eigenvalue weighted by Gasteiger charge is 2.25. The molecule has 1 N–H and O–H groups in total. The number of pyridine rings is 1. The van der Waals surface area contributed by atoms with E-state index >= 15 is 0 Å². The zero-order valence-electron chi connectivity index (χ0n) is 15.1. The number of fused-ring (bicyclic) bond motifs is 1. The number of amides is 1. The molecule has 1 aliphatic heterocycles. The van der Waals surface area contributed by atoms with Gasteiger partial charge in [-0.3, -0.25) is 9.78 Å². The number of carbonyl (C=O) groups is 1. The summed E-state index contributed by atoms with van der Waals surface area (Å²) < 4.78 is 27.3. The van der Waals surface area contributed by atoms with Gasteiger partial charge >= 0.3 is 0 Å². The lowest BCUT2D eigenvalue weighted by molar-refractivity contribution is 0.0718. The summed E-state index contributed by atoms with van der Waals surface area (Å²) in [6, 6.07) is 5.84. The Bertz CT molecular complexity index is 891. The van der Waals surface area contributed by atoms with E-state index in [0.29, 0.717) is 31.6 Å². The average molecular weight is 376 g/mol. The van der Waals surface area contributed by atoms with Crippen LogP contribution >= 0.6 is 0 Å². The first kappa shape index (κ1) is 18.6. The second-order valence-corrected chi connectivity index (χ2v) is 8.74. The van der Waals surface area contributed by atoms with Gasteiger partial charge in [0.15, 0.2) is 0 Å². The zero-order chi connectivity index (χ0) is 18.7. The summed E-state index contributed by atoms with van der Waals surface area (Å²) in [5, 5.41) is 0. The third kappa shape index (κ3) is 4.70. The average Bonchev–Trinajstić information content (AvgIpc) is 2.91. The number of aromatic nitrogens is 2. The van der Waals surface area contributed by atoms with Crippen molar-refractivity contribution in [2.45, 2.75) is 26.4 Å². The number of carbonyl (C=O) groups excluding carboxylic acids is 1. The Morgan fingerprint density at radius 2 is 2.15 bits per heavy atom. The maximum Gasteiger partial charge on any atom is 0.255 e. The van der Waals surface area contributed by atoms with Crippen molar-refractivity contribution in [3.05, 3.63) is 53.6 Å². The van der Waals surface area contributed by atoms with Crippen molar-refractivity contribution in [1.29, 1.82) is 0 Å². The predicted molar refractivity (Wildman–Crippen MR) is 99.1 cm³/mol. The molecule has 0 aliphatic carbocycles. The first-order valence-corrected chi connectivity index (χ1v) is 10.5. The Hall–Kier alpha value is -2.19. The smallest absolute Gasteiger partial charge is 0.255 e. The van der Waals surface area contributed by atoms with E-state index in [-0.39, 0.29) is 11.8 Å². The Kier molecular flexibility index (Phi) is 5.43. The van der Waals surface area contributed by atoms with Crippen LogP contribution in [-0.4, -0.2) is 48.1 Å². The molecular weight excluding hydrogens is 352 g/mol. The van der Waals surface area contributed by atoms with Crippen molar-refractivity contribution in [1.82, 2.24) is 19.2 Å². The maximum atomic E-state index is 13.0. The summed E-state index contributed by atoms with van der Waals surface area (Å²) in [6.07, 6.45) is 7.16. The van der Waals surface area contributed by atoms with Crippen LogP contribution in [0.2, 0.25) is 0 Å². The fraction of sp³-hybridized carbons (Fsp3) is 0.444. The van der Waals surface area contributed by atoms with Crippen LogP contribution in [0.4, 0.5) is 0 Å². The van der Waals surface area contributed by atoms with Crippen molar-refractivity contribution in [3.63, 3.8) is 0 Å². The fourth-order valence-corrected chi connectivity index (χ4v) is 3.81. The quantitative estimate of drug-likeness (QED) is 0.855. The molecule has 140 valence electrons. The van der Waals surface area contributed by atoms with Crippen LogP contribution in [0.5, 0.6) is 0 Å². The van der Waals surface area contributed by atoms with E-state index < -0.39 is 10.0 Å². The van der Waals surface area contributed by atoms with E-state index in [1.165, 1.54) is 0 Å². The molecule has 1 aliphatic rings. The van der Waals surface area contributed by atoms with Crippen LogP contribution < -0.4 is 4.72 Å². The van der Waals surface area contributed by atoms with Gasteiger partial charge in [-0.1, -0.05) is 0 Å². The molecule has 8 heteroatoms. The summed E-state index contributed by atoms with van der Waals surface area (Å²) >= 11 is 0. The minimum Gasteiger partial charge on any atom is -0.349 e. The molecule has 0 aromatic carbocycles. The van der Waals surface area contributed by atoms with Gasteiger partial charge in [-0.25, -0.2) is 13.1 Å². The molecule has 3 heterocycles. The Labute approximate surface area is 154 Å². The first-order chi connectivity index (χ1) is 12.3. The number of nitrogens with zero attached hydrogens (tertiary/aromatic N) is 3. The molecule has 0 fully saturated rings. The van der Waals surface area contributed by atoms with Crippen LogP contribution in [-0.2, 0) is 23.1 Å². The molecule has 0 spiro atoms. The summed E-state index contributed by atoms with van der Waals surface area (Å²) in [7, 11) is -3.21. The van der Waals surface area contributed by atoms with Crippen molar-refractivity contribution in [2.24, 2.45) is 5.92 Å². The van der Waals surface area contributed by atoms with Crippen LogP contribution in [0.15, 0.2) is 36.8 Å². The highest BCUT2D eigenvalue weighted by Crippen LogP contribution is 2.21. The monoisotopic (exact) mass is 376 g/mol. The highest BCUT2D eigenvalue weighted by molar-refractivity contribution is 7.88. The molecule has 7 nitrogen and oxygen atoms in total. The minimum absolute atomic E-state index is 0.0445. The maximum absolute atomic E-state index is 13.0. The minimum atomic E-state index is -3.21. The lowest BCUT2D eigenvalue weighted by atomic mass is 10.0. The van der Waals surface area contributed by atoms with E-state index in [0.717, 1.165) is 24.1 Å². The van der Waals surface area contributed by atoms with Gasteiger partial charge in [0, 0.05) is 43.9 Å². The third-order valence-electron chi connectivity index (χ3n) is 4.54. The van der Waals surface area contributed by atoms with Crippen LogP contribution in [0, 0.1) is 12.8 Å². The van der Waals surface area contributed by atoms with Crippen LogP contribution in [0.3, 0.4) is 0 Å². The number of aryl methyl sites for hydroxylation is 1. The largest absolute Gasteiger partial charge is 0.349 e. The van der Waals surface area contributed by atoms with Gasteiger partial charge < -0.3 is 9.47 Å². The first-order valence-electron chi connectivity index (χ1n) is 8.61. The van der Waals surface area contributed by atoms with Crippen molar-refractivity contribution >= 4 is 15.9 Å². The number of nitrogens with one attached hydrogen (secondary N) is 1. The third-order valence-corrected chi connectivity index (χ3v) is 5.26. The van der Waals surface area contributed by atoms with Gasteiger partial charge in [-0.15, -0.1) is 0 Å². The molecule has 2 aromatic rings. The van der Waals surface area contributed by atoms with Gasteiger partial charge in [0.2, 0.25) is 10.0 Å². The van der Waals surface area contributed by atoms with Gasteiger partial charge in [0.1, 0.15) is 0 Å². The van der Waals surface area contributed by atoms with Gasteiger partial charge in [0.25, 0.3) is 5.91 Å². The molecule has 2 aromatic heterocycles. The molecule has 1 atom stereocenters. The van der Waals surface area contributed by atoms with Crippen molar-refractivity contribution < 1.29 is 13.2 Å². The molecule has 1 amide bonds.